The molecule has 0 fully saturated rings. The van der Waals surface area contributed by atoms with Crippen molar-refractivity contribution in [1.29, 1.82) is 0 Å². The molecule has 0 saturated heterocycles. The second-order valence-corrected chi connectivity index (χ2v) is 16.6. The highest BCUT2D eigenvalue weighted by Crippen LogP contribution is 2.26. The monoisotopic (exact) mass is 845 g/mol. The van der Waals surface area contributed by atoms with Crippen LogP contribution in [0.25, 0.3) is 43.6 Å². The molecular formula is C51H72N8O3+2. The molecule has 0 bridgehead atoms. The van der Waals surface area contributed by atoms with E-state index in [-0.39, 0.29) is 19.2 Å². The zero-order chi connectivity index (χ0) is 43.1. The van der Waals surface area contributed by atoms with Gasteiger partial charge in [0.25, 0.3) is 0 Å². The minimum absolute atomic E-state index is 0. The Morgan fingerprint density at radius 1 is 0.516 bits per heavy atom. The summed E-state index contributed by atoms with van der Waals surface area (Å²) in [5, 5.41) is 17.5. The number of hydrogen-bond acceptors (Lipinski definition) is 7. The van der Waals surface area contributed by atoms with Gasteiger partial charge in [0.1, 0.15) is 13.1 Å². The number of pyridine rings is 2. The SMILES string of the molecule is C.CNCc1ccc2cc3ccc(CNC)cc3[n+](CCCCCC(=O)NCCOCCNC(=O)CCCCC[n+]3c4cc(N(C)C)ccc4cc4ccc(N(C)C)cc43)c2c1. The lowest BCUT2D eigenvalue weighted by atomic mass is 10.0. The minimum atomic E-state index is 0. The number of amides is 2. The lowest BCUT2D eigenvalue weighted by molar-refractivity contribution is -0.646. The van der Waals surface area contributed by atoms with E-state index < -0.39 is 0 Å². The molecule has 11 nitrogen and oxygen atoms in total. The summed E-state index contributed by atoms with van der Waals surface area (Å²) in [5.41, 5.74) is 9.82. The number of anilines is 2. The van der Waals surface area contributed by atoms with E-state index in [4.69, 9.17) is 4.74 Å². The second kappa shape index (κ2) is 23.7. The Labute approximate surface area is 369 Å². The van der Waals surface area contributed by atoms with Crippen LogP contribution >= 0.6 is 0 Å². The number of fused-ring (bicyclic) bond motifs is 4. The highest BCUT2D eigenvalue weighted by molar-refractivity contribution is 5.92. The number of benzene rings is 4. The van der Waals surface area contributed by atoms with Crippen molar-refractivity contribution in [1.82, 2.24) is 21.3 Å². The third kappa shape index (κ3) is 12.8. The zero-order valence-electron chi connectivity index (χ0n) is 37.4. The molecule has 0 spiro atoms. The largest absolute Gasteiger partial charge is 0.378 e. The lowest BCUT2D eigenvalue weighted by Gasteiger charge is -2.15. The molecule has 0 saturated carbocycles. The molecule has 4 N–H and O–H groups in total. The van der Waals surface area contributed by atoms with E-state index in [2.05, 4.69) is 153 Å². The van der Waals surface area contributed by atoms with Crippen LogP contribution in [0.4, 0.5) is 11.4 Å². The van der Waals surface area contributed by atoms with Crippen molar-refractivity contribution >= 4 is 66.8 Å². The highest BCUT2D eigenvalue weighted by Gasteiger charge is 2.19. The van der Waals surface area contributed by atoms with Gasteiger partial charge in [-0.3, -0.25) is 9.59 Å². The number of unbranched alkanes of at least 4 members (excludes halogenated alkanes) is 4. The van der Waals surface area contributed by atoms with Crippen LogP contribution in [0.3, 0.4) is 0 Å². The van der Waals surface area contributed by atoms with Gasteiger partial charge >= 0.3 is 0 Å². The van der Waals surface area contributed by atoms with Gasteiger partial charge in [0.15, 0.2) is 0 Å². The third-order valence-corrected chi connectivity index (χ3v) is 11.5. The van der Waals surface area contributed by atoms with Crippen LogP contribution in [0.1, 0.15) is 69.9 Å². The number of carbonyl (C=O) groups excluding carboxylic acids is 2. The van der Waals surface area contributed by atoms with Crippen molar-refractivity contribution in [2.45, 2.75) is 85.0 Å². The van der Waals surface area contributed by atoms with Crippen molar-refractivity contribution in [3.05, 3.63) is 96.1 Å². The lowest BCUT2D eigenvalue weighted by Crippen LogP contribution is -2.36. The van der Waals surface area contributed by atoms with Crippen LogP contribution in [0.15, 0.2) is 84.9 Å². The van der Waals surface area contributed by atoms with Crippen LogP contribution < -0.4 is 40.2 Å². The average Bonchev–Trinajstić information content (AvgIpc) is 3.25. The summed E-state index contributed by atoms with van der Waals surface area (Å²) < 4.78 is 10.6. The molecule has 0 radical (unpaired) electrons. The summed E-state index contributed by atoms with van der Waals surface area (Å²) in [5.74, 6) is 0.104. The molecule has 62 heavy (non-hydrogen) atoms. The van der Waals surface area contributed by atoms with Crippen LogP contribution in [0.5, 0.6) is 0 Å². The van der Waals surface area contributed by atoms with Gasteiger partial charge in [-0.15, -0.1) is 0 Å². The van der Waals surface area contributed by atoms with Gasteiger partial charge in [-0.05, 0) is 99.4 Å². The normalized spacial score (nSPS) is 11.3. The molecule has 2 heterocycles. The Kier molecular flexibility index (Phi) is 18.3. The van der Waals surface area contributed by atoms with Gasteiger partial charge in [-0.2, -0.15) is 9.13 Å². The fourth-order valence-corrected chi connectivity index (χ4v) is 8.20. The van der Waals surface area contributed by atoms with Crippen LogP contribution in [-0.4, -0.2) is 80.4 Å². The first-order chi connectivity index (χ1) is 29.6. The van der Waals surface area contributed by atoms with Gasteiger partial charge in [-0.1, -0.05) is 19.6 Å². The Balaban J connectivity index is 0.00000726. The number of carbonyl (C=O) groups is 2. The number of aryl methyl sites for hydroxylation is 2. The number of nitrogens with one attached hydrogen (secondary N) is 4. The standard InChI is InChI=1S/C50H66N8O3.CH4/c1-51-35-37-15-17-39-31-40-18-16-38(36-52-2)30-46(40)57(45(39)29-37)25-11-7-9-13-49(59)53-23-27-61-28-24-54-50(60)14-10-8-12-26-58-47-33-43(55(3)4)21-19-41(47)32-42-20-22-44(56(5)6)34-48(42)58;/h15-22,29-34,51-52H,7-14,23-28,35-36H2,1-6H3;1H4/p+2. The molecule has 6 aromatic rings. The first-order valence-corrected chi connectivity index (χ1v) is 22.2. The van der Waals surface area contributed by atoms with E-state index in [1.807, 2.05) is 14.1 Å². The number of aromatic nitrogens is 2. The Morgan fingerprint density at radius 2 is 0.903 bits per heavy atom. The van der Waals surface area contributed by atoms with E-state index in [1.165, 1.54) is 66.1 Å². The Hall–Kier alpha value is -5.36. The maximum Gasteiger partial charge on any atom is 0.220 e. The smallest absolute Gasteiger partial charge is 0.220 e. The van der Waals surface area contributed by atoms with Crippen LogP contribution in [0, 0.1) is 0 Å². The van der Waals surface area contributed by atoms with Crippen molar-refractivity contribution in [2.75, 3.05) is 78.4 Å². The summed E-state index contributed by atoms with van der Waals surface area (Å²) in [6.45, 7) is 5.20. The van der Waals surface area contributed by atoms with E-state index in [9.17, 15) is 9.59 Å². The minimum Gasteiger partial charge on any atom is -0.378 e. The van der Waals surface area contributed by atoms with E-state index in [0.717, 1.165) is 64.7 Å². The van der Waals surface area contributed by atoms with E-state index >= 15 is 0 Å². The van der Waals surface area contributed by atoms with Gasteiger partial charge in [-0.25, -0.2) is 0 Å². The van der Waals surface area contributed by atoms with E-state index in [0.29, 0.717) is 39.1 Å². The average molecular weight is 845 g/mol. The Morgan fingerprint density at radius 3 is 1.29 bits per heavy atom. The summed E-state index contributed by atoms with van der Waals surface area (Å²) >= 11 is 0. The molecule has 0 unspecified atom stereocenters. The fraction of sp³-hybridized carbons (Fsp3) is 0.451. The Bertz CT molecular complexity index is 2280. The van der Waals surface area contributed by atoms with Crippen molar-refractivity contribution in [2.24, 2.45) is 0 Å². The zero-order valence-corrected chi connectivity index (χ0v) is 37.4. The first kappa shape index (κ1) is 47.7. The number of nitrogens with zero attached hydrogens (tertiary/aromatic N) is 4. The third-order valence-electron chi connectivity index (χ3n) is 11.5. The quantitative estimate of drug-likeness (QED) is 0.0292. The van der Waals surface area contributed by atoms with Crippen molar-refractivity contribution in [3.63, 3.8) is 0 Å². The molecule has 4 aromatic carbocycles. The molecule has 0 aliphatic rings. The molecule has 2 amide bonds. The predicted molar refractivity (Wildman–Crippen MR) is 258 cm³/mol. The second-order valence-electron chi connectivity index (χ2n) is 16.6. The first-order valence-electron chi connectivity index (χ1n) is 22.2. The summed E-state index contributed by atoms with van der Waals surface area (Å²) in [6, 6.07) is 31.3. The number of hydrogen-bond donors (Lipinski definition) is 4. The fourth-order valence-electron chi connectivity index (χ4n) is 8.20. The summed E-state index contributed by atoms with van der Waals surface area (Å²) in [7, 11) is 12.3. The van der Waals surface area contributed by atoms with Crippen LogP contribution in [-0.2, 0) is 40.5 Å². The molecule has 11 heteroatoms. The molecule has 2 aromatic heterocycles. The predicted octanol–water partition coefficient (Wildman–Crippen LogP) is 7.15. The number of rotatable bonds is 24. The molecule has 0 atom stereocenters. The van der Waals surface area contributed by atoms with Crippen LogP contribution in [0.2, 0.25) is 0 Å². The molecular weight excluding hydrogens is 773 g/mol. The topological polar surface area (TPSA) is 106 Å². The molecule has 0 aliphatic carbocycles. The maximum absolute atomic E-state index is 12.6. The summed E-state index contributed by atoms with van der Waals surface area (Å²) in [4.78, 5) is 29.4. The van der Waals surface area contributed by atoms with Gasteiger partial charge < -0.3 is 35.8 Å². The van der Waals surface area contributed by atoms with E-state index in [1.54, 1.807) is 0 Å². The van der Waals surface area contributed by atoms with Gasteiger partial charge in [0.05, 0.1) is 13.2 Å². The van der Waals surface area contributed by atoms with Gasteiger partial charge in [0.2, 0.25) is 33.9 Å². The summed E-state index contributed by atoms with van der Waals surface area (Å²) in [6.07, 6.45) is 6.58. The number of ether oxygens (including phenoxy) is 1. The molecule has 0 aliphatic heterocycles. The molecule has 332 valence electrons. The molecule has 6 rings (SSSR count). The highest BCUT2D eigenvalue weighted by atomic mass is 16.5. The van der Waals surface area contributed by atoms with Crippen molar-refractivity contribution in [3.8, 4) is 0 Å². The van der Waals surface area contributed by atoms with Crippen molar-refractivity contribution < 1.29 is 23.5 Å². The van der Waals surface area contributed by atoms with Gasteiger partial charge in [0, 0.05) is 137 Å². The maximum atomic E-state index is 12.6.